The molecule has 0 amide bonds. The number of aliphatic hydroxyl groups excluding tert-OH is 1. The molecule has 0 aliphatic heterocycles. The first-order chi connectivity index (χ1) is 7.98. The van der Waals surface area contributed by atoms with E-state index in [9.17, 15) is 0 Å². The summed E-state index contributed by atoms with van der Waals surface area (Å²) in [6, 6.07) is 7.93. The Hall–Kier alpha value is -0.710. The minimum Gasteiger partial charge on any atom is -0.496 e. The van der Waals surface area contributed by atoms with E-state index in [4.69, 9.17) is 15.6 Å². The molecule has 1 rings (SSSR count). The number of para-hydroxylation sites is 1. The van der Waals surface area contributed by atoms with Crippen molar-refractivity contribution in [3.8, 4) is 5.75 Å². The summed E-state index contributed by atoms with van der Waals surface area (Å²) < 4.78 is 5.30. The van der Waals surface area contributed by atoms with Gasteiger partial charge >= 0.3 is 0 Å². The van der Waals surface area contributed by atoms with Crippen LogP contribution in [0.4, 0.5) is 0 Å². The summed E-state index contributed by atoms with van der Waals surface area (Å²) >= 11 is 1.72. The molecule has 1 aromatic carbocycles. The second-order valence-corrected chi connectivity index (χ2v) is 6.08. The maximum absolute atomic E-state index is 9.15. The van der Waals surface area contributed by atoms with Gasteiger partial charge in [-0.25, -0.2) is 0 Å². The molecule has 4 heteroatoms. The lowest BCUT2D eigenvalue weighted by atomic mass is 9.99. The number of hydrogen-bond acceptors (Lipinski definition) is 4. The monoisotopic (exact) mass is 255 g/mol. The summed E-state index contributed by atoms with van der Waals surface area (Å²) in [4.78, 5) is 1.11. The van der Waals surface area contributed by atoms with Gasteiger partial charge in [-0.2, -0.15) is 0 Å². The lowest BCUT2D eigenvalue weighted by Gasteiger charge is -2.25. The molecule has 0 bridgehead atoms. The largest absolute Gasteiger partial charge is 0.496 e. The first-order valence-corrected chi connectivity index (χ1v) is 6.56. The van der Waals surface area contributed by atoms with Crippen molar-refractivity contribution >= 4 is 11.8 Å². The maximum atomic E-state index is 9.15. The summed E-state index contributed by atoms with van der Waals surface area (Å²) in [7, 11) is 1.67. The van der Waals surface area contributed by atoms with Gasteiger partial charge in [-0.05, 0) is 25.5 Å². The van der Waals surface area contributed by atoms with Crippen molar-refractivity contribution in [3.05, 3.63) is 24.3 Å². The Kier molecular flexibility index (Phi) is 5.31. The molecular formula is C13H21NO2S. The molecule has 0 aromatic heterocycles. The van der Waals surface area contributed by atoms with Crippen LogP contribution in [0.1, 0.15) is 20.3 Å². The molecular weight excluding hydrogens is 234 g/mol. The molecule has 0 fully saturated rings. The van der Waals surface area contributed by atoms with Crippen LogP contribution < -0.4 is 10.5 Å². The van der Waals surface area contributed by atoms with Gasteiger partial charge in [0.25, 0.3) is 0 Å². The Bertz CT molecular complexity index is 355. The number of hydrogen-bond donors (Lipinski definition) is 2. The van der Waals surface area contributed by atoms with Gasteiger partial charge in [-0.1, -0.05) is 19.1 Å². The zero-order valence-electron chi connectivity index (χ0n) is 10.6. The van der Waals surface area contributed by atoms with Gasteiger partial charge in [0.2, 0.25) is 0 Å². The number of nitrogens with two attached hydrogens (primary N) is 1. The summed E-state index contributed by atoms with van der Waals surface area (Å²) in [5, 5.41) is 9.48. The Balaban J connectivity index is 2.65. The summed E-state index contributed by atoms with van der Waals surface area (Å²) in [6.45, 7) is 3.98. The van der Waals surface area contributed by atoms with Gasteiger partial charge < -0.3 is 15.6 Å². The lowest BCUT2D eigenvalue weighted by molar-refractivity contribution is 0.201. The topological polar surface area (TPSA) is 55.5 Å². The lowest BCUT2D eigenvalue weighted by Crippen LogP contribution is -2.42. The Labute approximate surface area is 107 Å². The van der Waals surface area contributed by atoms with Gasteiger partial charge in [0, 0.05) is 15.7 Å². The predicted molar refractivity (Wildman–Crippen MR) is 72.6 cm³/mol. The Morgan fingerprint density at radius 2 is 2.12 bits per heavy atom. The van der Waals surface area contributed by atoms with Crippen LogP contribution in [0.2, 0.25) is 0 Å². The molecule has 17 heavy (non-hydrogen) atoms. The van der Waals surface area contributed by atoms with Crippen LogP contribution >= 0.6 is 11.8 Å². The minimum absolute atomic E-state index is 0.00379. The average Bonchev–Trinajstić information content (AvgIpc) is 2.29. The highest BCUT2D eigenvalue weighted by molar-refractivity contribution is 8.00. The van der Waals surface area contributed by atoms with Gasteiger partial charge in [0.15, 0.2) is 0 Å². The zero-order chi connectivity index (χ0) is 12.9. The van der Waals surface area contributed by atoms with Crippen molar-refractivity contribution in [2.45, 2.75) is 36.0 Å². The first-order valence-electron chi connectivity index (χ1n) is 5.68. The van der Waals surface area contributed by atoms with Crippen LogP contribution in [0.25, 0.3) is 0 Å². The number of thioether (sulfide) groups is 1. The molecule has 0 heterocycles. The number of rotatable bonds is 6. The Morgan fingerprint density at radius 1 is 1.47 bits per heavy atom. The van der Waals surface area contributed by atoms with Crippen molar-refractivity contribution in [1.29, 1.82) is 0 Å². The number of ether oxygens (including phenoxy) is 1. The van der Waals surface area contributed by atoms with Gasteiger partial charge in [0.1, 0.15) is 5.75 Å². The summed E-state index contributed by atoms with van der Waals surface area (Å²) in [5.41, 5.74) is 5.43. The third-order valence-electron chi connectivity index (χ3n) is 2.51. The minimum atomic E-state index is -0.519. The van der Waals surface area contributed by atoms with Crippen LogP contribution in [0, 0.1) is 0 Å². The van der Waals surface area contributed by atoms with E-state index < -0.39 is 5.54 Å². The van der Waals surface area contributed by atoms with Crippen molar-refractivity contribution in [2.75, 3.05) is 13.7 Å². The highest BCUT2D eigenvalue weighted by atomic mass is 32.2. The molecule has 0 aliphatic carbocycles. The summed E-state index contributed by atoms with van der Waals surface area (Å²) in [6.07, 6.45) is 0.756. The fraction of sp³-hybridized carbons (Fsp3) is 0.538. The fourth-order valence-electron chi connectivity index (χ4n) is 1.70. The number of aliphatic hydroxyl groups is 1. The smallest absolute Gasteiger partial charge is 0.132 e. The highest BCUT2D eigenvalue weighted by Crippen LogP contribution is 2.34. The van der Waals surface area contributed by atoms with Crippen LogP contribution in [0.3, 0.4) is 0 Å². The van der Waals surface area contributed by atoms with Crippen molar-refractivity contribution in [2.24, 2.45) is 5.73 Å². The molecule has 0 saturated heterocycles. The molecule has 2 atom stereocenters. The molecule has 2 unspecified atom stereocenters. The van der Waals surface area contributed by atoms with Crippen LogP contribution in [-0.2, 0) is 0 Å². The van der Waals surface area contributed by atoms with E-state index in [-0.39, 0.29) is 6.61 Å². The van der Waals surface area contributed by atoms with E-state index in [1.807, 2.05) is 31.2 Å². The second kappa shape index (κ2) is 6.28. The first kappa shape index (κ1) is 14.4. The molecule has 1 aromatic rings. The third-order valence-corrected chi connectivity index (χ3v) is 3.67. The maximum Gasteiger partial charge on any atom is 0.132 e. The number of benzene rings is 1. The predicted octanol–water partition coefficient (Wildman–Crippen LogP) is 2.28. The zero-order valence-corrected chi connectivity index (χ0v) is 11.5. The van der Waals surface area contributed by atoms with E-state index in [1.165, 1.54) is 0 Å². The van der Waals surface area contributed by atoms with Gasteiger partial charge in [0.05, 0.1) is 13.7 Å². The normalized spacial score (nSPS) is 16.3. The van der Waals surface area contributed by atoms with Crippen LogP contribution in [0.5, 0.6) is 5.75 Å². The summed E-state index contributed by atoms with van der Waals surface area (Å²) in [5.74, 6) is 0.882. The molecule has 3 N–H and O–H groups in total. The van der Waals surface area contributed by atoms with Crippen LogP contribution in [-0.4, -0.2) is 29.6 Å². The van der Waals surface area contributed by atoms with E-state index in [2.05, 4.69) is 6.92 Å². The van der Waals surface area contributed by atoms with Crippen molar-refractivity contribution in [3.63, 3.8) is 0 Å². The molecule has 0 spiro atoms. The van der Waals surface area contributed by atoms with E-state index in [1.54, 1.807) is 18.9 Å². The third kappa shape index (κ3) is 4.58. The van der Waals surface area contributed by atoms with Crippen molar-refractivity contribution < 1.29 is 9.84 Å². The molecule has 0 aliphatic rings. The highest BCUT2D eigenvalue weighted by Gasteiger charge is 2.21. The molecule has 96 valence electrons. The van der Waals surface area contributed by atoms with E-state index in [0.717, 1.165) is 17.1 Å². The average molecular weight is 255 g/mol. The van der Waals surface area contributed by atoms with Crippen LogP contribution in [0.15, 0.2) is 29.2 Å². The van der Waals surface area contributed by atoms with Gasteiger partial charge in [-0.15, -0.1) is 11.8 Å². The quantitative estimate of drug-likeness (QED) is 0.766. The van der Waals surface area contributed by atoms with E-state index >= 15 is 0 Å². The SMILES string of the molecule is COc1ccccc1SC(C)CC(C)(N)CO. The fourth-order valence-corrected chi connectivity index (χ4v) is 3.02. The van der Waals surface area contributed by atoms with Crippen molar-refractivity contribution in [1.82, 2.24) is 0 Å². The van der Waals surface area contributed by atoms with Gasteiger partial charge in [-0.3, -0.25) is 0 Å². The van der Waals surface area contributed by atoms with E-state index in [0.29, 0.717) is 5.25 Å². The molecule has 0 radical (unpaired) electrons. The second-order valence-electron chi connectivity index (χ2n) is 4.60. The Morgan fingerprint density at radius 3 is 2.71 bits per heavy atom. The molecule has 3 nitrogen and oxygen atoms in total. The standard InChI is InChI=1S/C13H21NO2S/c1-10(8-13(2,14)9-15)17-12-7-5-4-6-11(12)16-3/h4-7,10,15H,8-9,14H2,1-3H3. The number of methoxy groups -OCH3 is 1. The molecule has 0 saturated carbocycles.